The van der Waals surface area contributed by atoms with Crippen molar-refractivity contribution in [2.75, 3.05) is 46.0 Å². The summed E-state index contributed by atoms with van der Waals surface area (Å²) in [6.07, 6.45) is 19.0. The van der Waals surface area contributed by atoms with Crippen LogP contribution in [0.3, 0.4) is 0 Å². The molecule has 7 rings (SSSR count). The molecule has 0 spiro atoms. The van der Waals surface area contributed by atoms with E-state index in [1.54, 1.807) is 30.9 Å². The van der Waals surface area contributed by atoms with Crippen LogP contribution in [-0.4, -0.2) is 179 Å². The Balaban J connectivity index is 0.754. The van der Waals surface area contributed by atoms with Gasteiger partial charge in [-0.15, -0.1) is 22.7 Å². The van der Waals surface area contributed by atoms with Gasteiger partial charge >= 0.3 is 5.97 Å². The Bertz CT molecular complexity index is 3580. The third kappa shape index (κ3) is 22.9. The summed E-state index contributed by atoms with van der Waals surface area (Å²) in [5.74, 6) is -1.62. The van der Waals surface area contributed by atoms with Crippen molar-refractivity contribution in [3.05, 3.63) is 95.6 Å². The molecule has 2 fully saturated rings. The molecule has 4 heterocycles. The van der Waals surface area contributed by atoms with E-state index in [1.807, 2.05) is 61.6 Å². The van der Waals surface area contributed by atoms with E-state index in [9.17, 15) is 73.9 Å². The smallest absolute Gasteiger partial charge is 0.305 e. The number of sulfone groups is 1. The molecule has 2 aliphatic heterocycles. The third-order valence-electron chi connectivity index (χ3n) is 19.0. The van der Waals surface area contributed by atoms with Crippen LogP contribution in [0.2, 0.25) is 0 Å². The van der Waals surface area contributed by atoms with Gasteiger partial charge in [-0.3, -0.25) is 9.59 Å². The van der Waals surface area contributed by atoms with Crippen LogP contribution in [0.15, 0.2) is 100 Å². The van der Waals surface area contributed by atoms with Gasteiger partial charge < -0.3 is 50.3 Å². The van der Waals surface area contributed by atoms with E-state index < -0.39 is 93.8 Å². The number of nitrogens with zero attached hydrogens (tertiary/aromatic N) is 3. The molecule has 0 unspecified atom stereocenters. The lowest BCUT2D eigenvalue weighted by atomic mass is 9.85. The van der Waals surface area contributed by atoms with Gasteiger partial charge in [-0.05, 0) is 152 Å². The molecule has 1 amide bonds. The second-order valence-electron chi connectivity index (χ2n) is 26.1. The number of esters is 1. The molecule has 9 N–H and O–H groups in total. The quantitative estimate of drug-likeness (QED) is 0.0115. The maximum Gasteiger partial charge on any atom is 0.305 e. The van der Waals surface area contributed by atoms with Crippen molar-refractivity contribution in [1.82, 2.24) is 14.5 Å². The molecule has 2 saturated carbocycles. The zero-order valence-corrected chi connectivity index (χ0v) is 60.9. The summed E-state index contributed by atoms with van der Waals surface area (Å²) >= 11 is 1.28. The van der Waals surface area contributed by atoms with Crippen molar-refractivity contribution in [3.63, 3.8) is 0 Å². The van der Waals surface area contributed by atoms with Crippen molar-refractivity contribution < 1.29 is 83.4 Å². The highest BCUT2D eigenvalue weighted by Gasteiger charge is 2.45. The summed E-state index contributed by atoms with van der Waals surface area (Å²) in [7, 11) is -16.2. The number of hydrogen-bond donors (Lipinski definition) is 8. The first-order chi connectivity index (χ1) is 46.2. The van der Waals surface area contributed by atoms with E-state index in [4.69, 9.17) is 14.6 Å². The van der Waals surface area contributed by atoms with Crippen LogP contribution < -0.4 is 10.5 Å². The third-order valence-corrected chi connectivity index (χ3v) is 29.6. The molecule has 0 bridgehead atoms. The average Bonchev–Trinajstić information content (AvgIpc) is 1.64. The summed E-state index contributed by atoms with van der Waals surface area (Å²) in [5, 5.41) is 72.8. The molecule has 29 heteroatoms. The Hall–Kier alpha value is -4.15. The minimum Gasteiger partial charge on any atom is -0.465 e. The number of carbonyl (C=O) groups excluding carboxylic acids is 2. The number of allylic oxidation sites excluding steroid dienone is 4. The molecule has 0 saturated heterocycles. The van der Waals surface area contributed by atoms with Gasteiger partial charge in [-0.2, -0.15) is 17.1 Å². The first-order valence-corrected chi connectivity index (χ1v) is 42.0. The number of aryl methyl sites for hydroxylation is 1. The molecule has 97 heavy (non-hydrogen) atoms. The molecular weight excluding hydrogens is 1370 g/mol. The summed E-state index contributed by atoms with van der Waals surface area (Å²) in [6.45, 7) is 6.71. The number of likely N-dealkylation sites (N-methyl/N-ethyl adjacent to an activating group) is 1. The van der Waals surface area contributed by atoms with Crippen molar-refractivity contribution in [1.29, 1.82) is 0 Å². The number of fused-ring (bicyclic) bond motifs is 2. The second-order valence-corrected chi connectivity index (χ2v) is 36.5. The Morgan fingerprint density at radius 2 is 1.40 bits per heavy atom. The van der Waals surface area contributed by atoms with Crippen LogP contribution in [-0.2, 0) is 65.4 Å². The SMILES string of the molecule is CCN[C@H]1C[C@H](C)S(=O)(=O)c2sc(S(=O)(=O)/N=C/CCOC(=O)CCC/C=C\C[C@@H]3[C@@H](/C=C/[C@@H](O)CCCCCCOCCCN4C[C@H](N(CC)C(=O)CCC/C=C\C[C@@H]5[C@@H](CC[C@@H](O)CCc6ccccc6)[C@H](O)C[C@@H]5O)c5cc(S(N)(=O)=O)sc5S4(=O)=O)[C@H](O)C[C@@H]3O)cc21. The Kier molecular flexibility index (Phi) is 31.6. The number of primary sulfonamides is 1. The number of amides is 1. The monoisotopic (exact) mass is 1470 g/mol. The number of unbranched alkanes of at least 4 members (excludes halogenated alkanes) is 5. The zero-order valence-electron chi connectivity index (χ0n) is 56.0. The van der Waals surface area contributed by atoms with E-state index in [-0.39, 0.29) is 123 Å². The molecular formula is C68H103N5O18S6. The maximum absolute atomic E-state index is 14.0. The number of hydrogen-bond acceptors (Lipinski definition) is 21. The number of nitrogens with one attached hydrogen (secondary N) is 1. The highest BCUT2D eigenvalue weighted by atomic mass is 32.3. The number of carbonyl (C=O) groups is 2. The highest BCUT2D eigenvalue weighted by molar-refractivity contribution is 7.96. The molecule has 2 aliphatic carbocycles. The minimum absolute atomic E-state index is 0.0419. The lowest BCUT2D eigenvalue weighted by molar-refractivity contribution is -0.143. The standard InChI is InChI=1S/C68H103N5O18S6/c1-4-70-57-41-47(3)94(82,83)67-55(57)42-66(93-67)96(86,87)71-36-21-40-91-64(81)29-19-9-7-17-27-51-53(61(78)44-59(51)76)34-32-49(74)25-15-10-11-20-38-90-39-22-37-72-46-58(56-43-65(95(69,84)85)92-68(56)97(72,88)89)73(5-2)63(80)28-18-8-6-16-26-52-54(62(79)45-60(52)77)35-33-50(75)31-30-48-23-13-12-14-24-48/h6-7,12-14,16-17,23-24,32,34,36,42-43,47,49-54,57-62,70,74-79H,4-5,8-11,15,18-22,25-31,33,35,37-41,44-46H2,1-3H3,(H2,69,84,85)/b16-6-,17-7-,34-32+,71-36+/t47-,49-,50-,51+,52+,53+,54+,57-,58-,59-,60-,61+,62+/m0/s1. The number of aliphatic hydroxyl groups is 6. The highest BCUT2D eigenvalue weighted by Crippen LogP contribution is 2.45. The largest absolute Gasteiger partial charge is 0.465 e. The second kappa shape index (κ2) is 38.2. The fraction of sp³-hybridized carbons (Fsp3) is 0.662. The van der Waals surface area contributed by atoms with E-state index in [0.717, 1.165) is 43.9 Å². The van der Waals surface area contributed by atoms with Crippen molar-refractivity contribution >= 4 is 80.7 Å². The lowest BCUT2D eigenvalue weighted by Crippen LogP contribution is -2.47. The summed E-state index contributed by atoms with van der Waals surface area (Å²) in [6, 6.07) is 11.6. The molecule has 23 nitrogen and oxygen atoms in total. The van der Waals surface area contributed by atoms with Gasteiger partial charge in [-0.1, -0.05) is 93.0 Å². The van der Waals surface area contributed by atoms with Crippen LogP contribution in [0.4, 0.5) is 0 Å². The normalized spacial score (nSPS) is 25.7. The number of ether oxygens (including phenoxy) is 2. The molecule has 3 aromatic rings. The molecule has 1 aromatic carbocycles. The van der Waals surface area contributed by atoms with Gasteiger partial charge in [-0.25, -0.2) is 30.4 Å². The maximum atomic E-state index is 14.0. The van der Waals surface area contributed by atoms with Gasteiger partial charge in [0.25, 0.3) is 20.0 Å². The van der Waals surface area contributed by atoms with E-state index >= 15 is 0 Å². The number of aliphatic hydroxyl groups excluding tert-OH is 6. The predicted molar refractivity (Wildman–Crippen MR) is 374 cm³/mol. The number of thiophene rings is 2. The fourth-order valence-electron chi connectivity index (χ4n) is 13.6. The van der Waals surface area contributed by atoms with Gasteiger partial charge in [0.15, 0.2) is 9.84 Å². The van der Waals surface area contributed by atoms with Gasteiger partial charge in [0.05, 0.1) is 54.5 Å². The minimum atomic E-state index is -4.26. The van der Waals surface area contributed by atoms with Crippen molar-refractivity contribution in [3.8, 4) is 0 Å². The van der Waals surface area contributed by atoms with Crippen molar-refractivity contribution in [2.24, 2.45) is 33.2 Å². The van der Waals surface area contributed by atoms with Crippen LogP contribution in [0.25, 0.3) is 0 Å². The van der Waals surface area contributed by atoms with E-state index in [0.29, 0.717) is 118 Å². The Morgan fingerprint density at radius 3 is 2.11 bits per heavy atom. The number of rotatable bonds is 41. The molecule has 13 atom stereocenters. The van der Waals surface area contributed by atoms with Gasteiger partial charge in [0.1, 0.15) is 16.8 Å². The van der Waals surface area contributed by atoms with Gasteiger partial charge in [0.2, 0.25) is 15.9 Å². The fourth-order valence-corrected chi connectivity index (χ4v) is 22.8. The first-order valence-electron chi connectivity index (χ1n) is 34.4. The van der Waals surface area contributed by atoms with Gasteiger partial charge in [0, 0.05) is 87.8 Å². The first kappa shape index (κ1) is 80.2. The number of nitrogens with two attached hydrogens (primary N) is 1. The topological polar surface area (TPSA) is 367 Å². The van der Waals surface area contributed by atoms with Crippen LogP contribution in [0, 0.1) is 23.7 Å². The Labute approximate surface area is 582 Å². The average molecular weight is 1470 g/mol. The van der Waals surface area contributed by atoms with Crippen LogP contribution in [0.5, 0.6) is 0 Å². The number of benzene rings is 1. The molecule has 544 valence electrons. The predicted octanol–water partition coefficient (Wildman–Crippen LogP) is 7.96. The zero-order chi connectivity index (χ0) is 70.5. The van der Waals surface area contributed by atoms with E-state index in [2.05, 4.69) is 9.71 Å². The van der Waals surface area contributed by atoms with E-state index in [1.165, 1.54) is 16.4 Å². The lowest BCUT2D eigenvalue weighted by Gasteiger charge is -2.38. The summed E-state index contributed by atoms with van der Waals surface area (Å²) in [5.41, 5.74) is 1.81. The summed E-state index contributed by atoms with van der Waals surface area (Å²) in [4.78, 5) is 27.9. The van der Waals surface area contributed by atoms with Crippen molar-refractivity contribution in [2.45, 2.75) is 233 Å². The van der Waals surface area contributed by atoms with Crippen LogP contribution in [0.1, 0.15) is 184 Å². The molecule has 2 aromatic heterocycles. The molecule has 4 aliphatic rings. The van der Waals surface area contributed by atoms with Crippen LogP contribution >= 0.6 is 22.7 Å². The Morgan fingerprint density at radius 1 is 0.753 bits per heavy atom. The number of sulfonamides is 3. The summed E-state index contributed by atoms with van der Waals surface area (Å²) < 4.78 is 121. The molecule has 0 radical (unpaired) electrons.